The van der Waals surface area contributed by atoms with E-state index in [0.717, 1.165) is 26.2 Å². The van der Waals surface area contributed by atoms with E-state index in [1.807, 2.05) is 0 Å². The molecule has 6 nitrogen and oxygen atoms in total. The first-order chi connectivity index (χ1) is 19.7. The van der Waals surface area contributed by atoms with Crippen LogP contribution in [0.25, 0.3) is 43.6 Å². The van der Waals surface area contributed by atoms with E-state index >= 15 is 0 Å². The van der Waals surface area contributed by atoms with Crippen molar-refractivity contribution in [3.05, 3.63) is 97.1 Å². The normalized spacial score (nSPS) is 16.9. The summed E-state index contributed by atoms with van der Waals surface area (Å²) in [5.41, 5.74) is 4.68. The van der Waals surface area contributed by atoms with Crippen molar-refractivity contribution in [3.63, 3.8) is 0 Å². The lowest BCUT2D eigenvalue weighted by Gasteiger charge is -2.36. The molecule has 0 radical (unpaired) electrons. The number of nitrogens with zero attached hydrogens (tertiary/aromatic N) is 4. The summed E-state index contributed by atoms with van der Waals surface area (Å²) in [5, 5.41) is 27.1. The van der Waals surface area contributed by atoms with Crippen LogP contribution in [0.1, 0.15) is 0 Å². The molecule has 0 spiro atoms. The van der Waals surface area contributed by atoms with E-state index in [2.05, 4.69) is 116 Å². The largest absolute Gasteiger partial charge is 0.390 e. The lowest BCUT2D eigenvalue weighted by atomic mass is 10.2. The van der Waals surface area contributed by atoms with Gasteiger partial charge in [-0.3, -0.25) is 9.80 Å². The van der Waals surface area contributed by atoms with E-state index < -0.39 is 12.2 Å². The summed E-state index contributed by atoms with van der Waals surface area (Å²) < 4.78 is 4.52. The summed E-state index contributed by atoms with van der Waals surface area (Å²) in [5.74, 6) is 0. The molecule has 204 valence electrons. The molecule has 4 aromatic carbocycles. The molecular weight excluding hydrogens is 496 g/mol. The quantitative estimate of drug-likeness (QED) is 0.292. The zero-order valence-electron chi connectivity index (χ0n) is 22.7. The summed E-state index contributed by atoms with van der Waals surface area (Å²) in [6, 6.07) is 33.8. The molecule has 0 unspecified atom stereocenters. The third-order valence-corrected chi connectivity index (χ3v) is 8.55. The smallest absolute Gasteiger partial charge is 0.0845 e. The number of fused-ring (bicyclic) bond motifs is 6. The van der Waals surface area contributed by atoms with Crippen LogP contribution in [-0.2, 0) is 13.1 Å². The van der Waals surface area contributed by atoms with Gasteiger partial charge in [0.15, 0.2) is 0 Å². The van der Waals surface area contributed by atoms with Crippen molar-refractivity contribution in [2.24, 2.45) is 0 Å². The maximum absolute atomic E-state index is 11.1. The molecule has 1 fully saturated rings. The van der Waals surface area contributed by atoms with Gasteiger partial charge in [0.2, 0.25) is 0 Å². The van der Waals surface area contributed by atoms with Gasteiger partial charge in [-0.1, -0.05) is 72.8 Å². The molecule has 1 aliphatic rings. The number of aliphatic hydroxyl groups is 2. The summed E-state index contributed by atoms with van der Waals surface area (Å²) in [7, 11) is 0. The number of para-hydroxylation sites is 4. The van der Waals surface area contributed by atoms with E-state index in [0.29, 0.717) is 26.2 Å². The average Bonchev–Trinajstić information content (AvgIpc) is 3.47. The first-order valence-corrected chi connectivity index (χ1v) is 14.4. The molecule has 1 saturated heterocycles. The van der Waals surface area contributed by atoms with Crippen LogP contribution < -0.4 is 0 Å². The molecule has 2 aromatic heterocycles. The summed E-state index contributed by atoms with van der Waals surface area (Å²) in [6.45, 7) is 6.03. The minimum absolute atomic E-state index is 0.452. The highest BCUT2D eigenvalue weighted by Gasteiger charge is 2.23. The van der Waals surface area contributed by atoms with E-state index in [9.17, 15) is 10.2 Å². The molecule has 1 aliphatic heterocycles. The summed E-state index contributed by atoms with van der Waals surface area (Å²) in [6.07, 6.45) is -0.904. The van der Waals surface area contributed by atoms with Crippen LogP contribution in [0, 0.1) is 0 Å². The van der Waals surface area contributed by atoms with Gasteiger partial charge < -0.3 is 19.3 Å². The molecule has 2 atom stereocenters. The maximum atomic E-state index is 11.1. The zero-order chi connectivity index (χ0) is 27.1. The lowest BCUT2D eigenvalue weighted by Crippen LogP contribution is -2.50. The lowest BCUT2D eigenvalue weighted by molar-refractivity contribution is 0.0415. The second-order valence-corrected chi connectivity index (χ2v) is 11.2. The maximum Gasteiger partial charge on any atom is 0.0845 e. The molecule has 0 amide bonds. The summed E-state index contributed by atoms with van der Waals surface area (Å²) in [4.78, 5) is 4.71. The molecule has 2 N–H and O–H groups in total. The number of piperazine rings is 1. The number of aliphatic hydroxyl groups excluding tert-OH is 2. The Morgan fingerprint density at radius 3 is 1.00 bits per heavy atom. The van der Waals surface area contributed by atoms with Crippen molar-refractivity contribution in [3.8, 4) is 0 Å². The molecule has 0 aliphatic carbocycles. The van der Waals surface area contributed by atoms with Gasteiger partial charge in [-0.2, -0.15) is 0 Å². The van der Waals surface area contributed by atoms with Gasteiger partial charge in [0.1, 0.15) is 0 Å². The van der Waals surface area contributed by atoms with Crippen molar-refractivity contribution in [2.45, 2.75) is 25.3 Å². The third kappa shape index (κ3) is 4.67. The fourth-order valence-electron chi connectivity index (χ4n) is 6.69. The molecule has 6 aromatic rings. The molecular formula is C34H36N4O2. The Balaban J connectivity index is 0.965. The first-order valence-electron chi connectivity index (χ1n) is 14.4. The number of rotatable bonds is 8. The molecule has 7 rings (SSSR count). The fourth-order valence-corrected chi connectivity index (χ4v) is 6.69. The van der Waals surface area contributed by atoms with E-state index in [-0.39, 0.29) is 0 Å². The Hall–Kier alpha value is -3.68. The average molecular weight is 533 g/mol. The van der Waals surface area contributed by atoms with E-state index in [1.54, 1.807) is 0 Å². The molecule has 3 heterocycles. The van der Waals surface area contributed by atoms with Gasteiger partial charge in [0, 0.05) is 82.9 Å². The first kappa shape index (κ1) is 25.3. The van der Waals surface area contributed by atoms with Crippen molar-refractivity contribution in [1.29, 1.82) is 0 Å². The molecule has 40 heavy (non-hydrogen) atoms. The van der Waals surface area contributed by atoms with Crippen molar-refractivity contribution < 1.29 is 10.2 Å². The van der Waals surface area contributed by atoms with Crippen molar-refractivity contribution >= 4 is 43.6 Å². The Kier molecular flexibility index (Phi) is 6.77. The Bertz CT molecular complexity index is 1540. The van der Waals surface area contributed by atoms with Crippen molar-refractivity contribution in [2.75, 3.05) is 39.3 Å². The second-order valence-electron chi connectivity index (χ2n) is 11.2. The zero-order valence-corrected chi connectivity index (χ0v) is 22.7. The highest BCUT2D eigenvalue weighted by molar-refractivity contribution is 6.08. The predicted molar refractivity (Wildman–Crippen MR) is 164 cm³/mol. The van der Waals surface area contributed by atoms with E-state index in [1.165, 1.54) is 43.6 Å². The predicted octanol–water partition coefficient (Wildman–Crippen LogP) is 4.94. The molecule has 0 saturated carbocycles. The standard InChI is InChI=1S/C34H36N4O2/c39-25(23-37-31-13-5-1-9-27(31)28-10-2-6-14-32(28)37)21-35-17-19-36(20-18-35)22-26(40)24-38-33-15-7-3-11-29(33)30-12-4-8-16-34(30)38/h1-16,25-26,39-40H,17-24H2/t25-,26+. The topological polar surface area (TPSA) is 56.8 Å². The van der Waals surface area contributed by atoms with Crippen LogP contribution in [0.4, 0.5) is 0 Å². The van der Waals surface area contributed by atoms with Crippen LogP contribution >= 0.6 is 0 Å². The van der Waals surface area contributed by atoms with Crippen LogP contribution in [0.2, 0.25) is 0 Å². The van der Waals surface area contributed by atoms with Crippen LogP contribution in [0.15, 0.2) is 97.1 Å². The Morgan fingerprint density at radius 1 is 0.425 bits per heavy atom. The van der Waals surface area contributed by atoms with Gasteiger partial charge in [-0.15, -0.1) is 0 Å². The Labute approximate surface area is 234 Å². The number of hydrogen-bond donors (Lipinski definition) is 2. The summed E-state index contributed by atoms with van der Waals surface area (Å²) >= 11 is 0. The van der Waals surface area contributed by atoms with Crippen LogP contribution in [-0.4, -0.2) is 80.6 Å². The Morgan fingerprint density at radius 2 is 0.700 bits per heavy atom. The third-order valence-electron chi connectivity index (χ3n) is 8.55. The highest BCUT2D eigenvalue weighted by Crippen LogP contribution is 2.30. The number of hydrogen-bond acceptors (Lipinski definition) is 4. The van der Waals surface area contributed by atoms with Gasteiger partial charge >= 0.3 is 0 Å². The molecule has 0 bridgehead atoms. The van der Waals surface area contributed by atoms with Crippen molar-refractivity contribution in [1.82, 2.24) is 18.9 Å². The number of aromatic nitrogens is 2. The number of benzene rings is 4. The fraction of sp³-hybridized carbons (Fsp3) is 0.294. The van der Waals surface area contributed by atoms with Gasteiger partial charge in [-0.25, -0.2) is 0 Å². The van der Waals surface area contributed by atoms with Gasteiger partial charge in [-0.05, 0) is 24.3 Å². The SMILES string of the molecule is O[C@H](CN1CCN(C[C@H](O)Cn2c3ccccc3c3ccccc32)CC1)Cn1c2ccccc2c2ccccc21. The van der Waals surface area contributed by atoms with Crippen LogP contribution in [0.5, 0.6) is 0 Å². The minimum atomic E-state index is -0.452. The van der Waals surface area contributed by atoms with Gasteiger partial charge in [0.05, 0.1) is 25.3 Å². The monoisotopic (exact) mass is 532 g/mol. The van der Waals surface area contributed by atoms with Gasteiger partial charge in [0.25, 0.3) is 0 Å². The second kappa shape index (κ2) is 10.7. The number of β-amino-alcohol motifs (C(OH)–C–C–N with tert-alkyl or cyclic N) is 2. The minimum Gasteiger partial charge on any atom is -0.390 e. The highest BCUT2D eigenvalue weighted by atomic mass is 16.3. The van der Waals surface area contributed by atoms with E-state index in [4.69, 9.17) is 0 Å². The van der Waals surface area contributed by atoms with Crippen LogP contribution in [0.3, 0.4) is 0 Å². The molecule has 6 heteroatoms.